The Morgan fingerprint density at radius 1 is 1.21 bits per heavy atom. The third-order valence-corrected chi connectivity index (χ3v) is 6.50. The zero-order valence-electron chi connectivity index (χ0n) is 17.0. The third-order valence-electron chi connectivity index (χ3n) is 5.16. The summed E-state index contributed by atoms with van der Waals surface area (Å²) in [6, 6.07) is 9.98. The number of aromatic nitrogens is 3. The van der Waals surface area contributed by atoms with Crippen LogP contribution in [-0.4, -0.2) is 25.8 Å². The number of thioether (sulfide) groups is 1. The summed E-state index contributed by atoms with van der Waals surface area (Å²) < 4.78 is 7.57. The summed E-state index contributed by atoms with van der Waals surface area (Å²) in [5, 5.41) is 12.3. The van der Waals surface area contributed by atoms with Crippen molar-refractivity contribution in [2.75, 3.05) is 5.32 Å². The number of nitrogens with zero attached hydrogens (tertiary/aromatic N) is 3. The van der Waals surface area contributed by atoms with Crippen LogP contribution < -0.4 is 5.32 Å². The number of anilines is 1. The van der Waals surface area contributed by atoms with Crippen LogP contribution in [0.25, 0.3) is 16.6 Å². The molecule has 1 atom stereocenters. The lowest BCUT2D eigenvalue weighted by molar-refractivity contribution is -0.115. The van der Waals surface area contributed by atoms with Gasteiger partial charge in [0.15, 0.2) is 5.58 Å². The number of aryl methyl sites for hydroxylation is 3. The molecule has 3 heterocycles. The molecule has 0 saturated carbocycles. The van der Waals surface area contributed by atoms with Gasteiger partial charge >= 0.3 is 0 Å². The van der Waals surface area contributed by atoms with Crippen molar-refractivity contribution in [2.24, 2.45) is 0 Å². The van der Waals surface area contributed by atoms with Gasteiger partial charge in [-0.1, -0.05) is 43.8 Å². The molecule has 0 bridgehead atoms. The van der Waals surface area contributed by atoms with Gasteiger partial charge in [0.05, 0.1) is 22.5 Å². The first-order chi connectivity index (χ1) is 14.0. The molecule has 0 aliphatic carbocycles. The molecule has 0 spiro atoms. The van der Waals surface area contributed by atoms with Crippen LogP contribution in [0.2, 0.25) is 0 Å². The van der Waals surface area contributed by atoms with Gasteiger partial charge in [-0.05, 0) is 37.8 Å². The second-order valence-electron chi connectivity index (χ2n) is 7.05. The predicted molar refractivity (Wildman–Crippen MR) is 117 cm³/mol. The first kappa shape index (κ1) is 19.5. The molecule has 1 N–H and O–H groups in total. The molecule has 0 aliphatic rings. The van der Waals surface area contributed by atoms with E-state index in [9.17, 15) is 4.79 Å². The summed E-state index contributed by atoms with van der Waals surface area (Å²) >= 11 is 1.44. The number of nitrogens with one attached hydrogen (secondary N) is 1. The topological polar surface area (TPSA) is 72.4 Å². The molecule has 1 aromatic carbocycles. The highest BCUT2D eigenvalue weighted by Gasteiger charge is 2.23. The number of amides is 1. The maximum absolute atomic E-state index is 13.1. The van der Waals surface area contributed by atoms with Crippen molar-refractivity contribution in [3.8, 4) is 0 Å². The molecule has 3 aromatic heterocycles. The lowest BCUT2D eigenvalue weighted by atomic mass is 10.1. The number of furan rings is 1. The maximum atomic E-state index is 13.1. The van der Waals surface area contributed by atoms with Gasteiger partial charge in [0.2, 0.25) is 5.91 Å². The number of benzene rings is 1. The standard InChI is InChI=1S/C22H24N4O2S/c1-5-15-9-7-8-13(3)20(15)23-21(27)19(6-2)29-22-17-12-18-16(10-11-28-18)26(17)14(4)24-25-22/h7-12,19H,5-6H2,1-4H3,(H,23,27)/t19-/m0/s1. The fourth-order valence-electron chi connectivity index (χ4n) is 3.59. The van der Waals surface area contributed by atoms with E-state index in [1.54, 1.807) is 6.26 Å². The molecule has 4 rings (SSSR count). The fraction of sp³-hybridized carbons (Fsp3) is 0.318. The zero-order chi connectivity index (χ0) is 20.5. The largest absolute Gasteiger partial charge is 0.463 e. The summed E-state index contributed by atoms with van der Waals surface area (Å²) in [6.45, 7) is 8.04. The first-order valence-corrected chi connectivity index (χ1v) is 10.7. The Kier molecular flexibility index (Phi) is 5.32. The van der Waals surface area contributed by atoms with Crippen molar-refractivity contribution in [2.45, 2.75) is 50.8 Å². The Balaban J connectivity index is 1.64. The van der Waals surface area contributed by atoms with Crippen molar-refractivity contribution >= 4 is 40.0 Å². The molecule has 6 nitrogen and oxygen atoms in total. The van der Waals surface area contributed by atoms with E-state index in [0.717, 1.165) is 50.7 Å². The summed E-state index contributed by atoms with van der Waals surface area (Å²) in [7, 11) is 0. The van der Waals surface area contributed by atoms with Gasteiger partial charge in [-0.15, -0.1) is 10.2 Å². The highest BCUT2D eigenvalue weighted by Crippen LogP contribution is 2.32. The minimum Gasteiger partial charge on any atom is -0.463 e. The van der Waals surface area contributed by atoms with Crippen LogP contribution >= 0.6 is 11.8 Å². The summed E-state index contributed by atoms with van der Waals surface area (Å²) in [5.74, 6) is 0.767. The van der Waals surface area contributed by atoms with Crippen LogP contribution in [0.1, 0.15) is 37.2 Å². The molecule has 1 amide bonds. The number of carbonyl (C=O) groups is 1. The molecule has 0 saturated heterocycles. The molecular weight excluding hydrogens is 384 g/mol. The highest BCUT2D eigenvalue weighted by atomic mass is 32.2. The molecular formula is C22H24N4O2S. The Labute approximate surface area is 173 Å². The molecule has 150 valence electrons. The number of carbonyl (C=O) groups excluding carboxylic acids is 1. The van der Waals surface area contributed by atoms with Crippen molar-refractivity contribution < 1.29 is 9.21 Å². The third kappa shape index (κ3) is 3.51. The highest BCUT2D eigenvalue weighted by molar-refractivity contribution is 8.00. The lowest BCUT2D eigenvalue weighted by Gasteiger charge is -2.18. The zero-order valence-corrected chi connectivity index (χ0v) is 17.8. The van der Waals surface area contributed by atoms with Crippen molar-refractivity contribution in [1.29, 1.82) is 0 Å². The van der Waals surface area contributed by atoms with Gasteiger partial charge in [0.1, 0.15) is 10.9 Å². The van der Waals surface area contributed by atoms with Crippen LogP contribution in [0.5, 0.6) is 0 Å². The predicted octanol–water partition coefficient (Wildman–Crippen LogP) is 5.16. The van der Waals surface area contributed by atoms with Crippen LogP contribution in [-0.2, 0) is 11.2 Å². The van der Waals surface area contributed by atoms with Crippen LogP contribution in [0.4, 0.5) is 5.69 Å². The minimum atomic E-state index is -0.277. The normalized spacial score (nSPS) is 12.6. The molecule has 0 radical (unpaired) electrons. The summed E-state index contributed by atoms with van der Waals surface area (Å²) in [5.41, 5.74) is 5.78. The number of fused-ring (bicyclic) bond motifs is 3. The Morgan fingerprint density at radius 2 is 2.03 bits per heavy atom. The molecule has 4 aromatic rings. The summed E-state index contributed by atoms with van der Waals surface area (Å²) in [6.07, 6.45) is 3.22. The van der Waals surface area contributed by atoms with Gasteiger partial charge in [0, 0.05) is 17.8 Å². The summed E-state index contributed by atoms with van der Waals surface area (Å²) in [4.78, 5) is 13.1. The lowest BCUT2D eigenvalue weighted by Crippen LogP contribution is -2.26. The molecule has 7 heteroatoms. The van der Waals surface area contributed by atoms with Gasteiger partial charge in [-0.3, -0.25) is 9.20 Å². The fourth-order valence-corrected chi connectivity index (χ4v) is 4.55. The Morgan fingerprint density at radius 3 is 2.79 bits per heavy atom. The van der Waals surface area contributed by atoms with Gasteiger partial charge in [0.25, 0.3) is 0 Å². The number of rotatable bonds is 6. The molecule has 0 aliphatic heterocycles. The second-order valence-corrected chi connectivity index (χ2v) is 8.25. The molecule has 0 fully saturated rings. The van der Waals surface area contributed by atoms with E-state index in [-0.39, 0.29) is 11.2 Å². The van der Waals surface area contributed by atoms with E-state index < -0.39 is 0 Å². The van der Waals surface area contributed by atoms with Crippen molar-refractivity contribution in [3.63, 3.8) is 0 Å². The quantitative estimate of drug-likeness (QED) is 0.446. The van der Waals surface area contributed by atoms with E-state index in [4.69, 9.17) is 4.42 Å². The van der Waals surface area contributed by atoms with Crippen molar-refractivity contribution in [3.05, 3.63) is 53.5 Å². The number of para-hydroxylation sites is 1. The Bertz CT molecular complexity index is 1190. The Hall–Kier alpha value is -2.80. The molecule has 0 unspecified atom stereocenters. The van der Waals surface area contributed by atoms with Crippen molar-refractivity contribution in [1.82, 2.24) is 14.6 Å². The molecule has 29 heavy (non-hydrogen) atoms. The van der Waals surface area contributed by atoms with Gasteiger partial charge < -0.3 is 9.73 Å². The van der Waals surface area contributed by atoms with Crippen LogP contribution in [0.15, 0.2) is 46.0 Å². The number of hydrogen-bond acceptors (Lipinski definition) is 5. The van der Waals surface area contributed by atoms with E-state index in [1.807, 2.05) is 49.4 Å². The maximum Gasteiger partial charge on any atom is 0.237 e. The smallest absolute Gasteiger partial charge is 0.237 e. The van der Waals surface area contributed by atoms with E-state index in [1.165, 1.54) is 11.8 Å². The number of hydrogen-bond donors (Lipinski definition) is 1. The monoisotopic (exact) mass is 408 g/mol. The van der Waals surface area contributed by atoms with E-state index in [0.29, 0.717) is 6.42 Å². The second kappa shape index (κ2) is 7.91. The van der Waals surface area contributed by atoms with E-state index >= 15 is 0 Å². The van der Waals surface area contributed by atoms with E-state index in [2.05, 4.69) is 28.5 Å². The average molecular weight is 409 g/mol. The van der Waals surface area contributed by atoms with Crippen LogP contribution in [0.3, 0.4) is 0 Å². The van der Waals surface area contributed by atoms with Gasteiger partial charge in [-0.2, -0.15) is 0 Å². The van der Waals surface area contributed by atoms with Crippen LogP contribution in [0, 0.1) is 13.8 Å². The first-order valence-electron chi connectivity index (χ1n) is 9.81. The SMILES string of the molecule is CCc1cccc(C)c1NC(=O)[C@H](CC)Sc1nnc(C)n2c1cc1occc12. The minimum absolute atomic E-state index is 0.0164. The van der Waals surface area contributed by atoms with Gasteiger partial charge in [-0.25, -0.2) is 0 Å². The average Bonchev–Trinajstić information content (AvgIpc) is 3.30.